The van der Waals surface area contributed by atoms with Gasteiger partial charge in [-0.3, -0.25) is 4.79 Å². The zero-order chi connectivity index (χ0) is 13.0. The van der Waals surface area contributed by atoms with Gasteiger partial charge in [0.2, 0.25) is 0 Å². The molecule has 0 N–H and O–H groups in total. The van der Waals surface area contributed by atoms with Gasteiger partial charge in [-0.05, 0) is 31.0 Å². The predicted molar refractivity (Wildman–Crippen MR) is 76.5 cm³/mol. The Morgan fingerprint density at radius 1 is 1.11 bits per heavy atom. The average Bonchev–Trinajstić information content (AvgIpc) is 2.41. The average molecular weight is 256 g/mol. The van der Waals surface area contributed by atoms with Crippen molar-refractivity contribution in [3.63, 3.8) is 0 Å². The number of benzene rings is 2. The van der Waals surface area contributed by atoms with Crippen LogP contribution in [0.2, 0.25) is 0 Å². The van der Waals surface area contributed by atoms with Crippen LogP contribution in [0.15, 0.2) is 52.3 Å². The fourth-order valence-corrected chi connectivity index (χ4v) is 2.96. The lowest BCUT2D eigenvalue weighted by Crippen LogP contribution is -1.89. The highest BCUT2D eigenvalue weighted by Crippen LogP contribution is 2.32. The van der Waals surface area contributed by atoms with E-state index in [4.69, 9.17) is 0 Å². The first-order chi connectivity index (χ1) is 8.74. The van der Waals surface area contributed by atoms with Gasteiger partial charge in [-0.2, -0.15) is 0 Å². The molecular weight excluding hydrogens is 240 g/mol. The van der Waals surface area contributed by atoms with Crippen LogP contribution in [0.1, 0.15) is 28.4 Å². The summed E-state index contributed by atoms with van der Waals surface area (Å²) in [6, 6.07) is 14.2. The highest BCUT2D eigenvalue weighted by Gasteiger charge is 2.06. The standard InChI is InChI=1S/C16H16OS/c1-3-13-10-12(2)8-9-16(13)18-15-7-5-4-6-14(15)11-17/h4-11H,3H2,1-2H3. The highest BCUT2D eigenvalue weighted by atomic mass is 32.2. The second kappa shape index (κ2) is 5.87. The van der Waals surface area contributed by atoms with Crippen molar-refractivity contribution < 1.29 is 4.79 Å². The van der Waals surface area contributed by atoms with Gasteiger partial charge >= 0.3 is 0 Å². The van der Waals surface area contributed by atoms with Crippen molar-refractivity contribution in [2.24, 2.45) is 0 Å². The molecule has 0 unspecified atom stereocenters. The molecule has 0 aliphatic rings. The molecule has 2 aromatic rings. The Hall–Kier alpha value is -1.54. The van der Waals surface area contributed by atoms with Crippen LogP contribution in [0.5, 0.6) is 0 Å². The summed E-state index contributed by atoms with van der Waals surface area (Å²) in [6.07, 6.45) is 1.93. The molecule has 0 fully saturated rings. The third-order valence-electron chi connectivity index (χ3n) is 2.86. The number of carbonyl (C=O) groups excluding carboxylic acids is 1. The van der Waals surface area contributed by atoms with E-state index in [0.29, 0.717) is 0 Å². The lowest BCUT2D eigenvalue weighted by molar-refractivity contribution is 0.112. The van der Waals surface area contributed by atoms with Crippen molar-refractivity contribution >= 4 is 18.0 Å². The van der Waals surface area contributed by atoms with Gasteiger partial charge in [0.05, 0.1) is 0 Å². The Morgan fingerprint density at radius 2 is 1.89 bits per heavy atom. The Balaban J connectivity index is 2.36. The van der Waals surface area contributed by atoms with E-state index in [9.17, 15) is 4.79 Å². The van der Waals surface area contributed by atoms with E-state index in [1.54, 1.807) is 11.8 Å². The van der Waals surface area contributed by atoms with Crippen LogP contribution in [0.4, 0.5) is 0 Å². The zero-order valence-electron chi connectivity index (χ0n) is 10.6. The third kappa shape index (κ3) is 2.82. The summed E-state index contributed by atoms with van der Waals surface area (Å²) >= 11 is 1.67. The van der Waals surface area contributed by atoms with Crippen LogP contribution < -0.4 is 0 Å². The number of aryl methyl sites for hydroxylation is 2. The van der Waals surface area contributed by atoms with Crippen LogP contribution in [0, 0.1) is 6.92 Å². The summed E-state index contributed by atoms with van der Waals surface area (Å²) in [5, 5.41) is 0. The van der Waals surface area contributed by atoms with E-state index in [0.717, 1.165) is 23.2 Å². The van der Waals surface area contributed by atoms with Crippen LogP contribution in [-0.4, -0.2) is 6.29 Å². The van der Waals surface area contributed by atoms with Gasteiger partial charge in [-0.15, -0.1) is 0 Å². The Labute approximate surface area is 112 Å². The predicted octanol–water partition coefficient (Wildman–Crippen LogP) is 4.52. The topological polar surface area (TPSA) is 17.1 Å². The summed E-state index contributed by atoms with van der Waals surface area (Å²) in [4.78, 5) is 13.3. The highest BCUT2D eigenvalue weighted by molar-refractivity contribution is 7.99. The lowest BCUT2D eigenvalue weighted by Gasteiger charge is -2.09. The molecule has 18 heavy (non-hydrogen) atoms. The van der Waals surface area contributed by atoms with Crippen LogP contribution in [0.3, 0.4) is 0 Å². The van der Waals surface area contributed by atoms with Crippen molar-refractivity contribution in [3.05, 3.63) is 59.2 Å². The van der Waals surface area contributed by atoms with Gasteiger partial charge in [0.1, 0.15) is 0 Å². The fraction of sp³-hybridized carbons (Fsp3) is 0.188. The maximum Gasteiger partial charge on any atom is 0.151 e. The molecule has 0 amide bonds. The summed E-state index contributed by atoms with van der Waals surface area (Å²) in [6.45, 7) is 4.26. The smallest absolute Gasteiger partial charge is 0.151 e. The van der Waals surface area contributed by atoms with E-state index in [2.05, 4.69) is 32.0 Å². The van der Waals surface area contributed by atoms with Gasteiger partial charge in [0, 0.05) is 15.4 Å². The maximum atomic E-state index is 11.0. The molecule has 0 aliphatic heterocycles. The molecule has 0 spiro atoms. The van der Waals surface area contributed by atoms with E-state index < -0.39 is 0 Å². The van der Waals surface area contributed by atoms with Crippen LogP contribution >= 0.6 is 11.8 Å². The Morgan fingerprint density at radius 3 is 2.61 bits per heavy atom. The number of hydrogen-bond donors (Lipinski definition) is 0. The molecule has 0 atom stereocenters. The molecule has 0 radical (unpaired) electrons. The first kappa shape index (κ1) is 12.9. The fourth-order valence-electron chi connectivity index (χ4n) is 1.87. The summed E-state index contributed by atoms with van der Waals surface area (Å²) in [5.41, 5.74) is 3.37. The molecule has 92 valence electrons. The number of aldehydes is 1. The van der Waals surface area contributed by atoms with Crippen LogP contribution in [0.25, 0.3) is 0 Å². The second-order valence-corrected chi connectivity index (χ2v) is 5.31. The largest absolute Gasteiger partial charge is 0.298 e. The quantitative estimate of drug-likeness (QED) is 0.748. The van der Waals surface area contributed by atoms with E-state index >= 15 is 0 Å². The van der Waals surface area contributed by atoms with Gasteiger partial charge < -0.3 is 0 Å². The molecule has 2 heteroatoms. The minimum absolute atomic E-state index is 0.755. The van der Waals surface area contributed by atoms with Gasteiger partial charge in [-0.25, -0.2) is 0 Å². The van der Waals surface area contributed by atoms with E-state index in [1.807, 2.05) is 24.3 Å². The van der Waals surface area contributed by atoms with Crippen molar-refractivity contribution in [1.29, 1.82) is 0 Å². The van der Waals surface area contributed by atoms with Gasteiger partial charge in [0.15, 0.2) is 6.29 Å². The molecule has 0 saturated carbocycles. The summed E-state index contributed by atoms with van der Waals surface area (Å²) in [5.74, 6) is 0. The number of hydrogen-bond acceptors (Lipinski definition) is 2. The molecule has 0 saturated heterocycles. The van der Waals surface area contributed by atoms with Gasteiger partial charge in [0.25, 0.3) is 0 Å². The SMILES string of the molecule is CCc1cc(C)ccc1Sc1ccccc1C=O. The maximum absolute atomic E-state index is 11.0. The Bertz CT molecular complexity index is 561. The van der Waals surface area contributed by atoms with Crippen molar-refractivity contribution in [3.8, 4) is 0 Å². The molecule has 2 aromatic carbocycles. The molecule has 2 rings (SSSR count). The van der Waals surface area contributed by atoms with Gasteiger partial charge in [-0.1, -0.05) is 54.6 Å². The molecule has 1 nitrogen and oxygen atoms in total. The summed E-state index contributed by atoms with van der Waals surface area (Å²) < 4.78 is 0. The first-order valence-electron chi connectivity index (χ1n) is 6.06. The third-order valence-corrected chi connectivity index (χ3v) is 4.07. The van der Waals surface area contributed by atoms with Crippen molar-refractivity contribution in [1.82, 2.24) is 0 Å². The van der Waals surface area contributed by atoms with E-state index in [1.165, 1.54) is 16.0 Å². The number of carbonyl (C=O) groups is 1. The lowest BCUT2D eigenvalue weighted by atomic mass is 10.1. The Kier molecular flexibility index (Phi) is 4.21. The van der Waals surface area contributed by atoms with E-state index in [-0.39, 0.29) is 0 Å². The minimum atomic E-state index is 0.755. The molecule has 0 heterocycles. The monoisotopic (exact) mass is 256 g/mol. The normalized spacial score (nSPS) is 10.3. The first-order valence-corrected chi connectivity index (χ1v) is 6.88. The molecule has 0 bridgehead atoms. The molecule has 0 aromatic heterocycles. The van der Waals surface area contributed by atoms with Crippen molar-refractivity contribution in [2.75, 3.05) is 0 Å². The zero-order valence-corrected chi connectivity index (χ0v) is 11.5. The molecular formula is C16H16OS. The number of rotatable bonds is 4. The van der Waals surface area contributed by atoms with Crippen molar-refractivity contribution in [2.45, 2.75) is 30.1 Å². The second-order valence-electron chi connectivity index (χ2n) is 4.22. The van der Waals surface area contributed by atoms with Crippen LogP contribution in [-0.2, 0) is 6.42 Å². The summed E-state index contributed by atoms with van der Waals surface area (Å²) in [7, 11) is 0. The minimum Gasteiger partial charge on any atom is -0.298 e. The molecule has 0 aliphatic carbocycles.